The van der Waals surface area contributed by atoms with Crippen molar-refractivity contribution in [2.75, 3.05) is 13.7 Å². The molecule has 0 aliphatic carbocycles. The maximum Gasteiger partial charge on any atom is 0.376 e. The van der Waals surface area contributed by atoms with Crippen LogP contribution in [0.4, 0.5) is 5.69 Å². The topological polar surface area (TPSA) is 138 Å². The third kappa shape index (κ3) is 5.36. The zero-order valence-corrected chi connectivity index (χ0v) is 17.4. The number of esters is 1. The number of aromatic amines is 1. The molecule has 32 heavy (non-hydrogen) atoms. The highest BCUT2D eigenvalue weighted by atomic mass is 16.5. The van der Waals surface area contributed by atoms with E-state index in [1.807, 2.05) is 24.3 Å². The van der Waals surface area contributed by atoms with E-state index in [0.717, 1.165) is 16.5 Å². The molecule has 0 saturated carbocycles. The number of azo groups is 1. The van der Waals surface area contributed by atoms with E-state index in [0.29, 0.717) is 11.4 Å². The van der Waals surface area contributed by atoms with Gasteiger partial charge in [0.15, 0.2) is 0 Å². The number of hydrazone groups is 1. The number of amides is 1. The molecule has 0 bridgehead atoms. The van der Waals surface area contributed by atoms with Crippen LogP contribution in [0.25, 0.3) is 10.9 Å². The number of ether oxygens (including phenoxy) is 2. The summed E-state index contributed by atoms with van der Waals surface area (Å²) < 4.78 is 9.81. The number of hydrogen-bond donors (Lipinski definition) is 3. The zero-order chi connectivity index (χ0) is 22.9. The summed E-state index contributed by atoms with van der Waals surface area (Å²) in [4.78, 5) is 27.6. The molecule has 0 spiro atoms. The number of aliphatic hydroxyl groups is 1. The first-order chi connectivity index (χ1) is 15.5. The van der Waals surface area contributed by atoms with E-state index in [1.54, 1.807) is 37.4 Å². The molecule has 0 radical (unpaired) electrons. The minimum absolute atomic E-state index is 0.00608. The van der Waals surface area contributed by atoms with Gasteiger partial charge in [0.2, 0.25) is 11.5 Å². The Balaban J connectivity index is 1.81. The number of fused-ring (bicyclic) bond motifs is 1. The van der Waals surface area contributed by atoms with Crippen LogP contribution in [0.2, 0.25) is 0 Å². The van der Waals surface area contributed by atoms with Crippen molar-refractivity contribution in [2.45, 2.75) is 6.92 Å². The Kier molecular flexibility index (Phi) is 7.31. The molecule has 3 rings (SSSR count). The van der Waals surface area contributed by atoms with Crippen LogP contribution in [-0.4, -0.2) is 41.9 Å². The van der Waals surface area contributed by atoms with Gasteiger partial charge in [-0.05, 0) is 37.3 Å². The van der Waals surface area contributed by atoms with E-state index in [9.17, 15) is 14.7 Å². The fraction of sp³-hybridized carbons (Fsp3) is 0.136. The van der Waals surface area contributed by atoms with Crippen molar-refractivity contribution in [2.24, 2.45) is 15.3 Å². The van der Waals surface area contributed by atoms with Gasteiger partial charge in [0.1, 0.15) is 5.75 Å². The summed E-state index contributed by atoms with van der Waals surface area (Å²) >= 11 is 0. The summed E-state index contributed by atoms with van der Waals surface area (Å²) in [6.07, 6.45) is 3.16. The van der Waals surface area contributed by atoms with Crippen LogP contribution < -0.4 is 10.2 Å². The first kappa shape index (κ1) is 22.2. The van der Waals surface area contributed by atoms with E-state index in [4.69, 9.17) is 9.47 Å². The van der Waals surface area contributed by atoms with Crippen molar-refractivity contribution in [1.29, 1.82) is 0 Å². The Bertz CT molecular complexity index is 1190. The van der Waals surface area contributed by atoms with Gasteiger partial charge in [0.25, 0.3) is 5.91 Å². The minimum atomic E-state index is -1.10. The molecule has 1 heterocycles. The Morgan fingerprint density at radius 2 is 1.91 bits per heavy atom. The summed E-state index contributed by atoms with van der Waals surface area (Å²) in [6.45, 7) is 1.57. The zero-order valence-electron chi connectivity index (χ0n) is 17.4. The summed E-state index contributed by atoms with van der Waals surface area (Å²) in [7, 11) is 1.52. The van der Waals surface area contributed by atoms with Crippen LogP contribution in [0.15, 0.2) is 81.5 Å². The molecule has 10 nitrogen and oxygen atoms in total. The Morgan fingerprint density at radius 1 is 1.16 bits per heavy atom. The van der Waals surface area contributed by atoms with Gasteiger partial charge in [-0.1, -0.05) is 18.2 Å². The van der Waals surface area contributed by atoms with Gasteiger partial charge in [-0.2, -0.15) is 10.2 Å². The molecule has 164 valence electrons. The molecule has 3 N–H and O–H groups in total. The van der Waals surface area contributed by atoms with E-state index in [1.165, 1.54) is 13.3 Å². The van der Waals surface area contributed by atoms with E-state index >= 15 is 0 Å². The standard InChI is InChI=1S/C22H21N5O5/c1-3-32-22(30)20(28)19(26-25-15-8-10-16(31-2)11-9-15)21(29)27-24-13-14-12-23-18-7-5-4-6-17(14)18/h4-13,23,28H,3H2,1-2H3,(H,27,29)/b20-19+,24-13-,26-25?. The number of H-pyrrole nitrogens is 1. The fourth-order valence-corrected chi connectivity index (χ4v) is 2.67. The van der Waals surface area contributed by atoms with Crippen molar-refractivity contribution in [3.63, 3.8) is 0 Å². The Morgan fingerprint density at radius 3 is 2.62 bits per heavy atom. The molecular formula is C22H21N5O5. The van der Waals surface area contributed by atoms with Gasteiger partial charge in [-0.25, -0.2) is 10.2 Å². The molecule has 10 heteroatoms. The lowest BCUT2D eigenvalue weighted by atomic mass is 10.2. The number of aromatic nitrogens is 1. The number of nitrogens with one attached hydrogen (secondary N) is 2. The molecular weight excluding hydrogens is 414 g/mol. The average molecular weight is 435 g/mol. The quantitative estimate of drug-likeness (QED) is 0.124. The normalized spacial score (nSPS) is 12.2. The van der Waals surface area contributed by atoms with Gasteiger partial charge < -0.3 is 19.6 Å². The molecule has 1 amide bonds. The van der Waals surface area contributed by atoms with Gasteiger partial charge in [-0.15, -0.1) is 5.11 Å². The fourth-order valence-electron chi connectivity index (χ4n) is 2.67. The SMILES string of the molecule is CCOC(=O)/C(O)=C(\N=Nc1ccc(OC)cc1)C(=O)N/N=C\c1c[nH]c2ccccc12. The van der Waals surface area contributed by atoms with E-state index in [-0.39, 0.29) is 6.61 Å². The van der Waals surface area contributed by atoms with Gasteiger partial charge in [0, 0.05) is 22.7 Å². The third-order valence-electron chi connectivity index (χ3n) is 4.24. The molecule has 0 unspecified atom stereocenters. The van der Waals surface area contributed by atoms with Crippen molar-refractivity contribution >= 4 is 34.7 Å². The molecule has 3 aromatic rings. The van der Waals surface area contributed by atoms with Crippen LogP contribution in [0.1, 0.15) is 12.5 Å². The van der Waals surface area contributed by atoms with Crippen molar-refractivity contribution < 1.29 is 24.2 Å². The van der Waals surface area contributed by atoms with Gasteiger partial charge in [0.05, 0.1) is 25.6 Å². The van der Waals surface area contributed by atoms with Crippen LogP contribution in [0.5, 0.6) is 5.75 Å². The van der Waals surface area contributed by atoms with Crippen molar-refractivity contribution in [1.82, 2.24) is 10.4 Å². The maximum atomic E-state index is 12.6. The van der Waals surface area contributed by atoms with Crippen LogP contribution in [-0.2, 0) is 14.3 Å². The lowest BCUT2D eigenvalue weighted by Gasteiger charge is -2.04. The molecule has 1 aromatic heterocycles. The number of benzene rings is 2. The van der Waals surface area contributed by atoms with Crippen LogP contribution in [0, 0.1) is 0 Å². The molecule has 2 aromatic carbocycles. The van der Waals surface area contributed by atoms with Gasteiger partial charge >= 0.3 is 5.97 Å². The second kappa shape index (κ2) is 10.5. The Labute approximate surface area is 183 Å². The molecule has 0 aliphatic rings. The summed E-state index contributed by atoms with van der Waals surface area (Å²) in [5, 5.41) is 22.6. The molecule has 0 saturated heterocycles. The molecule has 0 atom stereocenters. The number of carbonyl (C=O) groups is 2. The number of nitrogens with zero attached hydrogens (tertiary/aromatic N) is 3. The molecule has 0 aliphatic heterocycles. The minimum Gasteiger partial charge on any atom is -0.500 e. The van der Waals surface area contributed by atoms with E-state index in [2.05, 4.69) is 25.7 Å². The maximum absolute atomic E-state index is 12.6. The number of methoxy groups -OCH3 is 1. The predicted octanol–water partition coefficient (Wildman–Crippen LogP) is 3.74. The summed E-state index contributed by atoms with van der Waals surface area (Å²) in [6, 6.07) is 14.1. The van der Waals surface area contributed by atoms with Crippen molar-refractivity contribution in [3.05, 3.63) is 71.7 Å². The van der Waals surface area contributed by atoms with Crippen LogP contribution in [0.3, 0.4) is 0 Å². The van der Waals surface area contributed by atoms with E-state index < -0.39 is 23.3 Å². The summed E-state index contributed by atoms with van der Waals surface area (Å²) in [5.74, 6) is -2.42. The number of para-hydroxylation sites is 1. The number of hydrogen-bond acceptors (Lipinski definition) is 8. The predicted molar refractivity (Wildman–Crippen MR) is 118 cm³/mol. The first-order valence-corrected chi connectivity index (χ1v) is 9.59. The van der Waals surface area contributed by atoms with Crippen molar-refractivity contribution in [3.8, 4) is 5.75 Å². The molecule has 0 fully saturated rings. The number of carbonyl (C=O) groups excluding carboxylic acids is 2. The highest BCUT2D eigenvalue weighted by Crippen LogP contribution is 2.20. The first-order valence-electron chi connectivity index (χ1n) is 9.59. The summed E-state index contributed by atoms with van der Waals surface area (Å²) in [5.41, 5.74) is 3.61. The third-order valence-corrected chi connectivity index (χ3v) is 4.24. The largest absolute Gasteiger partial charge is 0.500 e. The van der Waals surface area contributed by atoms with Crippen LogP contribution >= 0.6 is 0 Å². The Hall–Kier alpha value is -4.47. The highest BCUT2D eigenvalue weighted by molar-refractivity contribution is 6.02. The lowest BCUT2D eigenvalue weighted by Crippen LogP contribution is -2.22. The van der Waals surface area contributed by atoms with Gasteiger partial charge in [-0.3, -0.25) is 4.79 Å². The smallest absolute Gasteiger partial charge is 0.376 e. The monoisotopic (exact) mass is 435 g/mol. The highest BCUT2D eigenvalue weighted by Gasteiger charge is 2.22. The number of aliphatic hydroxyl groups excluding tert-OH is 1. The average Bonchev–Trinajstić information content (AvgIpc) is 3.22. The lowest BCUT2D eigenvalue weighted by molar-refractivity contribution is -0.142. The second-order valence-corrected chi connectivity index (χ2v) is 6.30. The number of rotatable bonds is 8. The second-order valence-electron chi connectivity index (χ2n) is 6.30.